The fourth-order valence-electron chi connectivity index (χ4n) is 0. The Kier molecular flexibility index (Phi) is 6.59. The summed E-state index contributed by atoms with van der Waals surface area (Å²) in [5, 5.41) is 0. The van der Waals surface area contributed by atoms with E-state index in [1.54, 1.807) is 0 Å². The molecule has 0 aromatic heterocycles. The van der Waals surface area contributed by atoms with Gasteiger partial charge in [0.1, 0.15) is 0 Å². The highest BCUT2D eigenvalue weighted by molar-refractivity contribution is 4.26. The monoisotopic (exact) mass is 168 g/mol. The summed E-state index contributed by atoms with van der Waals surface area (Å²) in [6.07, 6.45) is -6.78. The Morgan fingerprint density at radius 1 is 1.20 bits per heavy atom. The quantitative estimate of drug-likeness (QED) is 0.528. The maximum absolute atomic E-state index is 10.4. The van der Waals surface area contributed by atoms with Crippen LogP contribution in [0.5, 0.6) is 0 Å². The van der Waals surface area contributed by atoms with Crippen LogP contribution in [0.1, 0.15) is 6.92 Å². The number of alkyl halides is 6. The number of halogens is 6. The van der Waals surface area contributed by atoms with Crippen LogP contribution in [0.2, 0.25) is 0 Å². The van der Waals surface area contributed by atoms with Gasteiger partial charge >= 0.3 is 6.18 Å². The number of hydrogen-bond acceptors (Lipinski definition) is 0. The summed E-state index contributed by atoms with van der Waals surface area (Å²) in [5.41, 5.74) is 0. The lowest BCUT2D eigenvalue weighted by atomic mass is 10.8. The van der Waals surface area contributed by atoms with E-state index < -0.39 is 19.3 Å². The third-order valence-corrected chi connectivity index (χ3v) is 0.117. The summed E-state index contributed by atoms with van der Waals surface area (Å²) in [6, 6.07) is 0. The SMILES string of the molecule is CC(F)(F)F.FCC(F)F. The molecule has 0 radical (unpaired) electrons. The van der Waals surface area contributed by atoms with Crippen LogP contribution in [0.15, 0.2) is 0 Å². The molecule has 0 bridgehead atoms. The van der Waals surface area contributed by atoms with E-state index >= 15 is 0 Å². The fourth-order valence-corrected chi connectivity index (χ4v) is 0. The first-order chi connectivity index (χ1) is 4.27. The molecule has 0 fully saturated rings. The Balaban J connectivity index is 0. The normalized spacial score (nSPS) is 10.8. The average molecular weight is 168 g/mol. The van der Waals surface area contributed by atoms with E-state index in [4.69, 9.17) is 0 Å². The van der Waals surface area contributed by atoms with Crippen molar-refractivity contribution in [2.45, 2.75) is 19.5 Å². The molecule has 0 aliphatic carbocycles. The Morgan fingerprint density at radius 3 is 1.30 bits per heavy atom. The smallest absolute Gasteiger partial charge is 0.245 e. The summed E-state index contributed by atoms with van der Waals surface area (Å²) in [6.45, 7) is -1.34. The average Bonchev–Trinajstić information content (AvgIpc) is 1.61. The Hall–Kier alpha value is -0.420. The van der Waals surface area contributed by atoms with E-state index in [1.165, 1.54) is 0 Å². The third kappa shape index (κ3) is 131. The minimum Gasteiger partial charge on any atom is -0.245 e. The summed E-state index contributed by atoms with van der Waals surface area (Å²) in [7, 11) is 0. The summed E-state index contributed by atoms with van der Waals surface area (Å²) in [5.74, 6) is 0. The zero-order valence-corrected chi connectivity index (χ0v) is 5.05. The van der Waals surface area contributed by atoms with Gasteiger partial charge in [0, 0.05) is 6.92 Å². The van der Waals surface area contributed by atoms with Gasteiger partial charge in [0.25, 0.3) is 6.43 Å². The molecular formula is C4H6F6. The Morgan fingerprint density at radius 2 is 1.30 bits per heavy atom. The second kappa shape index (κ2) is 5.37. The van der Waals surface area contributed by atoms with Crippen LogP contribution in [-0.2, 0) is 0 Å². The molecule has 0 saturated heterocycles. The molecule has 0 atom stereocenters. The molecule has 0 aromatic carbocycles. The van der Waals surface area contributed by atoms with Crippen molar-refractivity contribution in [3.63, 3.8) is 0 Å². The molecule has 0 amide bonds. The van der Waals surface area contributed by atoms with Gasteiger partial charge in [0.2, 0.25) is 0 Å². The van der Waals surface area contributed by atoms with Crippen LogP contribution in [0.25, 0.3) is 0 Å². The molecule has 0 heterocycles. The molecule has 0 nitrogen and oxygen atoms in total. The molecule has 0 N–H and O–H groups in total. The second-order valence-electron chi connectivity index (χ2n) is 1.33. The predicted molar refractivity (Wildman–Crippen MR) is 23.7 cm³/mol. The van der Waals surface area contributed by atoms with Crippen LogP contribution in [0.3, 0.4) is 0 Å². The van der Waals surface area contributed by atoms with Gasteiger partial charge in [-0.3, -0.25) is 0 Å². The van der Waals surface area contributed by atoms with E-state index in [2.05, 4.69) is 0 Å². The van der Waals surface area contributed by atoms with Crippen LogP contribution in [-0.4, -0.2) is 19.3 Å². The molecule has 0 aliphatic rings. The first kappa shape index (κ1) is 12.3. The fraction of sp³-hybridized carbons (Fsp3) is 1.00. The van der Waals surface area contributed by atoms with Crippen LogP contribution in [0, 0.1) is 0 Å². The minimum atomic E-state index is -4.00. The minimum absolute atomic E-state index is 0.188. The van der Waals surface area contributed by atoms with Gasteiger partial charge < -0.3 is 0 Å². The number of hydrogen-bond donors (Lipinski definition) is 0. The maximum Gasteiger partial charge on any atom is 0.386 e. The molecule has 10 heavy (non-hydrogen) atoms. The largest absolute Gasteiger partial charge is 0.386 e. The highest BCUT2D eigenvalue weighted by Gasteiger charge is 2.15. The van der Waals surface area contributed by atoms with Crippen molar-refractivity contribution in [2.75, 3.05) is 6.67 Å². The molecule has 64 valence electrons. The summed E-state index contributed by atoms with van der Waals surface area (Å²) in [4.78, 5) is 0. The Bertz CT molecular complexity index is 58.6. The standard InChI is InChI=1S/2C2H3F3/c1-2(3,4)5;3-1-2(4)5/h1H3;2H,1H2. The Labute approximate surface area is 53.8 Å². The van der Waals surface area contributed by atoms with Crippen molar-refractivity contribution in [3.8, 4) is 0 Å². The number of rotatable bonds is 1. The first-order valence-corrected chi connectivity index (χ1v) is 2.18. The predicted octanol–water partition coefficient (Wildman–Crippen LogP) is 2.79. The van der Waals surface area contributed by atoms with Gasteiger partial charge in [-0.15, -0.1) is 0 Å². The van der Waals surface area contributed by atoms with Gasteiger partial charge in [-0.2, -0.15) is 13.2 Å². The van der Waals surface area contributed by atoms with E-state index in [0.717, 1.165) is 0 Å². The van der Waals surface area contributed by atoms with Crippen LogP contribution < -0.4 is 0 Å². The third-order valence-electron chi connectivity index (χ3n) is 0.117. The molecule has 0 rings (SSSR count). The van der Waals surface area contributed by atoms with Gasteiger partial charge in [-0.25, -0.2) is 13.2 Å². The van der Waals surface area contributed by atoms with Crippen molar-refractivity contribution < 1.29 is 26.3 Å². The van der Waals surface area contributed by atoms with Crippen molar-refractivity contribution >= 4 is 0 Å². The molecule has 0 spiro atoms. The van der Waals surface area contributed by atoms with Gasteiger partial charge in [-0.05, 0) is 0 Å². The van der Waals surface area contributed by atoms with E-state index in [0.29, 0.717) is 0 Å². The van der Waals surface area contributed by atoms with E-state index in [-0.39, 0.29) is 6.92 Å². The maximum atomic E-state index is 10.4. The van der Waals surface area contributed by atoms with Crippen LogP contribution >= 0.6 is 0 Å². The second-order valence-corrected chi connectivity index (χ2v) is 1.33. The van der Waals surface area contributed by atoms with E-state index in [1.807, 2.05) is 0 Å². The van der Waals surface area contributed by atoms with Gasteiger partial charge in [0.05, 0.1) is 0 Å². The summed E-state index contributed by atoms with van der Waals surface area (Å²) >= 11 is 0. The topological polar surface area (TPSA) is 0 Å². The zero-order valence-electron chi connectivity index (χ0n) is 5.05. The van der Waals surface area contributed by atoms with Crippen molar-refractivity contribution in [1.82, 2.24) is 0 Å². The van der Waals surface area contributed by atoms with Crippen molar-refractivity contribution in [3.05, 3.63) is 0 Å². The molecular weight excluding hydrogens is 162 g/mol. The molecule has 0 aliphatic heterocycles. The first-order valence-electron chi connectivity index (χ1n) is 2.18. The summed E-state index contributed by atoms with van der Waals surface area (Å²) < 4.78 is 62.2. The van der Waals surface area contributed by atoms with Crippen molar-refractivity contribution in [2.24, 2.45) is 0 Å². The lowest BCUT2D eigenvalue weighted by Gasteiger charge is -1.88. The zero-order chi connectivity index (χ0) is 8.78. The van der Waals surface area contributed by atoms with Gasteiger partial charge in [0.15, 0.2) is 6.67 Å². The van der Waals surface area contributed by atoms with Gasteiger partial charge in [-0.1, -0.05) is 0 Å². The van der Waals surface area contributed by atoms with E-state index in [9.17, 15) is 26.3 Å². The highest BCUT2D eigenvalue weighted by Crippen LogP contribution is 2.10. The molecule has 0 aromatic rings. The van der Waals surface area contributed by atoms with Crippen LogP contribution in [0.4, 0.5) is 26.3 Å². The lowest BCUT2D eigenvalue weighted by Crippen LogP contribution is -1.95. The lowest BCUT2D eigenvalue weighted by molar-refractivity contribution is -0.110. The molecule has 0 unspecified atom stereocenters. The molecule has 6 heteroatoms. The highest BCUT2D eigenvalue weighted by atomic mass is 19.4. The molecule has 0 saturated carbocycles. The van der Waals surface area contributed by atoms with Crippen molar-refractivity contribution in [1.29, 1.82) is 0 Å².